The summed E-state index contributed by atoms with van der Waals surface area (Å²) in [5.74, 6) is 1.15. The van der Waals surface area contributed by atoms with Gasteiger partial charge in [0.05, 0.1) is 0 Å². The molecule has 1 aromatic rings. The van der Waals surface area contributed by atoms with Gasteiger partial charge in [0.15, 0.2) is 0 Å². The molecule has 0 saturated heterocycles. The van der Waals surface area contributed by atoms with Crippen LogP contribution in [0.4, 0.5) is 0 Å². The summed E-state index contributed by atoms with van der Waals surface area (Å²) in [5, 5.41) is 0. The Kier molecular flexibility index (Phi) is 6.95. The van der Waals surface area contributed by atoms with Gasteiger partial charge in [-0.25, -0.2) is 0 Å². The second kappa shape index (κ2) is 7.80. The van der Waals surface area contributed by atoms with Crippen LogP contribution in [0.2, 0.25) is 0 Å². The lowest BCUT2D eigenvalue weighted by atomic mass is 9.75. The summed E-state index contributed by atoms with van der Waals surface area (Å²) in [6, 6.07) is 2.46. The molecule has 0 bridgehead atoms. The molecular weight excluding hydrogens is 328 g/mol. The third-order valence-corrected chi connectivity index (χ3v) is 4.57. The Morgan fingerprint density at radius 2 is 1.19 bits per heavy atom. The molecule has 0 aromatic heterocycles. The summed E-state index contributed by atoms with van der Waals surface area (Å²) in [6.45, 7) is 29.8. The smallest absolute Gasteiger partial charge is 0.126 e. The molecule has 1 rings (SSSR count). The van der Waals surface area contributed by atoms with Crippen molar-refractivity contribution < 1.29 is 4.74 Å². The number of hydrogen-bond acceptors (Lipinski definition) is 1. The van der Waals surface area contributed by atoms with E-state index in [4.69, 9.17) is 4.74 Å². The van der Waals surface area contributed by atoms with Crippen molar-refractivity contribution in [3.05, 3.63) is 28.3 Å². The van der Waals surface area contributed by atoms with Crippen LogP contribution in [0.25, 0.3) is 0 Å². The van der Waals surface area contributed by atoms with Gasteiger partial charge in [0.1, 0.15) is 11.4 Å². The van der Waals surface area contributed by atoms with Crippen molar-refractivity contribution in [3.8, 4) is 5.75 Å². The maximum absolute atomic E-state index is 6.67. The van der Waals surface area contributed by atoms with Crippen LogP contribution in [0.1, 0.15) is 112 Å². The fourth-order valence-corrected chi connectivity index (χ4v) is 3.75. The molecular formula is C26H46O. The van der Waals surface area contributed by atoms with E-state index in [2.05, 4.69) is 96.1 Å². The minimum atomic E-state index is -0.201. The Morgan fingerprint density at radius 3 is 1.52 bits per heavy atom. The average Bonchev–Trinajstić information content (AvgIpc) is 2.36. The highest BCUT2D eigenvalue weighted by Gasteiger charge is 2.30. The predicted molar refractivity (Wildman–Crippen MR) is 121 cm³/mol. The lowest BCUT2D eigenvalue weighted by Crippen LogP contribution is -2.28. The molecule has 0 radical (unpaired) electrons. The summed E-state index contributed by atoms with van der Waals surface area (Å²) in [5.41, 5.74) is 6.16. The van der Waals surface area contributed by atoms with Gasteiger partial charge in [-0.2, -0.15) is 0 Å². The van der Waals surface area contributed by atoms with E-state index in [0.717, 1.165) is 25.0 Å². The summed E-state index contributed by atoms with van der Waals surface area (Å²) >= 11 is 0. The second-order valence-corrected chi connectivity index (χ2v) is 12.7. The van der Waals surface area contributed by atoms with Crippen LogP contribution in [-0.4, -0.2) is 5.60 Å². The molecule has 0 amide bonds. The highest BCUT2D eigenvalue weighted by Crippen LogP contribution is 2.42. The molecule has 0 spiro atoms. The van der Waals surface area contributed by atoms with Gasteiger partial charge in [0.25, 0.3) is 0 Å². The zero-order valence-electron chi connectivity index (χ0n) is 20.6. The number of rotatable bonds is 4. The van der Waals surface area contributed by atoms with Crippen LogP contribution < -0.4 is 4.74 Å². The lowest BCUT2D eigenvalue weighted by Gasteiger charge is -2.34. The van der Waals surface area contributed by atoms with Gasteiger partial charge in [-0.15, -0.1) is 0 Å². The van der Waals surface area contributed by atoms with Gasteiger partial charge < -0.3 is 4.74 Å². The van der Waals surface area contributed by atoms with Crippen molar-refractivity contribution in [1.82, 2.24) is 0 Å². The van der Waals surface area contributed by atoms with Crippen molar-refractivity contribution in [1.29, 1.82) is 0 Å². The highest BCUT2D eigenvalue weighted by molar-refractivity contribution is 5.54. The third-order valence-electron chi connectivity index (χ3n) is 4.57. The predicted octanol–water partition coefficient (Wildman–Crippen LogP) is 7.90. The van der Waals surface area contributed by atoms with Crippen molar-refractivity contribution >= 4 is 0 Å². The Bertz CT molecular complexity index is 637. The highest BCUT2D eigenvalue weighted by atomic mass is 16.5. The largest absolute Gasteiger partial charge is 0.488 e. The molecule has 0 fully saturated rings. The van der Waals surface area contributed by atoms with Crippen LogP contribution >= 0.6 is 0 Å². The van der Waals surface area contributed by atoms with Crippen LogP contribution in [0.3, 0.4) is 0 Å². The first kappa shape index (κ1) is 24.1. The normalized spacial score (nSPS) is 13.8. The summed E-state index contributed by atoms with van der Waals surface area (Å²) in [4.78, 5) is 0. The van der Waals surface area contributed by atoms with Gasteiger partial charge in [0.2, 0.25) is 0 Å². The zero-order valence-corrected chi connectivity index (χ0v) is 20.6. The van der Waals surface area contributed by atoms with E-state index in [-0.39, 0.29) is 21.8 Å². The van der Waals surface area contributed by atoms with Gasteiger partial charge in [-0.05, 0) is 78.5 Å². The van der Waals surface area contributed by atoms with Crippen LogP contribution in [0.5, 0.6) is 5.75 Å². The molecule has 0 heterocycles. The van der Waals surface area contributed by atoms with E-state index >= 15 is 0 Å². The van der Waals surface area contributed by atoms with E-state index in [1.165, 1.54) is 22.3 Å². The maximum Gasteiger partial charge on any atom is 0.126 e. The van der Waals surface area contributed by atoms with E-state index in [1.54, 1.807) is 0 Å². The van der Waals surface area contributed by atoms with Gasteiger partial charge in [-0.1, -0.05) is 75.3 Å². The Balaban J connectivity index is 3.90. The molecule has 0 aliphatic rings. The zero-order chi connectivity index (χ0) is 21.4. The first-order valence-electron chi connectivity index (χ1n) is 10.7. The Morgan fingerprint density at radius 1 is 0.704 bits per heavy atom. The molecule has 0 unspecified atom stereocenters. The molecule has 0 aliphatic heterocycles. The van der Waals surface area contributed by atoms with Crippen molar-refractivity contribution in [2.24, 2.45) is 10.8 Å². The standard InChI is InChI=1S/C26H46O/c1-14-19-20(17-24(5,6)7)22(27-26(11,12)13)18(16-23(2,3)4)15-21(19)25(8,9)10/h15H,14,16-17H2,1-13H3. The Labute approximate surface area is 170 Å². The first-order chi connectivity index (χ1) is 11.8. The number of benzene rings is 1. The molecule has 156 valence electrons. The van der Waals surface area contributed by atoms with E-state index < -0.39 is 0 Å². The fourth-order valence-electron chi connectivity index (χ4n) is 3.75. The van der Waals surface area contributed by atoms with E-state index in [1.807, 2.05) is 0 Å². The monoisotopic (exact) mass is 374 g/mol. The van der Waals surface area contributed by atoms with Crippen molar-refractivity contribution in [3.63, 3.8) is 0 Å². The minimum Gasteiger partial charge on any atom is -0.488 e. The quantitative estimate of drug-likeness (QED) is 0.520. The van der Waals surface area contributed by atoms with Gasteiger partial charge in [-0.3, -0.25) is 0 Å². The SMILES string of the molecule is CCc1c(C(C)(C)C)cc(CC(C)(C)C)c(OC(C)(C)C)c1CC(C)(C)C. The summed E-state index contributed by atoms with van der Waals surface area (Å²) in [6.07, 6.45) is 3.12. The molecule has 0 N–H and O–H groups in total. The van der Waals surface area contributed by atoms with Gasteiger partial charge in [0, 0.05) is 0 Å². The average molecular weight is 375 g/mol. The maximum atomic E-state index is 6.67. The van der Waals surface area contributed by atoms with Gasteiger partial charge >= 0.3 is 0 Å². The minimum absolute atomic E-state index is 0.130. The van der Waals surface area contributed by atoms with Crippen molar-refractivity contribution in [2.45, 2.75) is 120 Å². The van der Waals surface area contributed by atoms with Crippen LogP contribution in [-0.2, 0) is 24.7 Å². The molecule has 0 atom stereocenters. The fraction of sp³-hybridized carbons (Fsp3) is 0.769. The number of hydrogen-bond donors (Lipinski definition) is 0. The molecule has 0 saturated carbocycles. The first-order valence-corrected chi connectivity index (χ1v) is 10.7. The van der Waals surface area contributed by atoms with Crippen LogP contribution in [0.15, 0.2) is 6.07 Å². The molecule has 27 heavy (non-hydrogen) atoms. The van der Waals surface area contributed by atoms with E-state index in [9.17, 15) is 0 Å². The van der Waals surface area contributed by atoms with Crippen LogP contribution in [0, 0.1) is 10.8 Å². The molecule has 1 aromatic carbocycles. The lowest BCUT2D eigenvalue weighted by molar-refractivity contribution is 0.125. The summed E-state index contributed by atoms with van der Waals surface area (Å²) < 4.78 is 6.67. The molecule has 1 nitrogen and oxygen atoms in total. The number of ether oxygens (including phenoxy) is 1. The Hall–Kier alpha value is -0.980. The van der Waals surface area contributed by atoms with Crippen molar-refractivity contribution in [2.75, 3.05) is 0 Å². The molecule has 1 heteroatoms. The van der Waals surface area contributed by atoms with E-state index in [0.29, 0.717) is 0 Å². The molecule has 0 aliphatic carbocycles. The summed E-state index contributed by atoms with van der Waals surface area (Å²) in [7, 11) is 0. The topological polar surface area (TPSA) is 9.23 Å². The third kappa shape index (κ3) is 7.51. The second-order valence-electron chi connectivity index (χ2n) is 12.7.